The van der Waals surface area contributed by atoms with Crippen LogP contribution in [0.4, 0.5) is 0 Å². The monoisotopic (exact) mass is 413 g/mol. The van der Waals surface area contributed by atoms with Gasteiger partial charge in [0.25, 0.3) is 0 Å². The van der Waals surface area contributed by atoms with Crippen LogP contribution in [0.3, 0.4) is 0 Å². The van der Waals surface area contributed by atoms with E-state index in [1.165, 1.54) is 133 Å². The summed E-state index contributed by atoms with van der Waals surface area (Å²) in [6, 6.07) is 4.59. The van der Waals surface area contributed by atoms with Crippen molar-refractivity contribution >= 4 is 11.0 Å². The Bertz CT molecular complexity index is 661. The lowest BCUT2D eigenvalue weighted by Crippen LogP contribution is -1.96. The Hall–Kier alpha value is -1.38. The highest BCUT2D eigenvalue weighted by Gasteiger charge is 2.08. The Balaban J connectivity index is 1.68. The zero-order chi connectivity index (χ0) is 21.3. The molecule has 0 fully saturated rings. The van der Waals surface area contributed by atoms with Gasteiger partial charge >= 0.3 is 0 Å². The van der Waals surface area contributed by atoms with Gasteiger partial charge in [0.15, 0.2) is 0 Å². The fourth-order valence-corrected chi connectivity index (χ4v) is 4.52. The smallest absolute Gasteiger partial charge is 0.113 e. The normalized spacial score (nSPS) is 11.5. The van der Waals surface area contributed by atoms with Crippen LogP contribution in [0.1, 0.15) is 134 Å². The maximum atomic E-state index is 4.32. The number of H-pyrrole nitrogens is 1. The largest absolute Gasteiger partial charge is 0.197 e. The number of aromatic nitrogens is 3. The maximum absolute atomic E-state index is 4.32. The van der Waals surface area contributed by atoms with Crippen LogP contribution in [0.15, 0.2) is 12.1 Å². The van der Waals surface area contributed by atoms with Crippen LogP contribution in [0.5, 0.6) is 0 Å². The van der Waals surface area contributed by atoms with Crippen molar-refractivity contribution in [3.05, 3.63) is 23.3 Å². The average Bonchev–Trinajstić information content (AvgIpc) is 3.21. The Morgan fingerprint density at radius 1 is 0.500 bits per heavy atom. The van der Waals surface area contributed by atoms with E-state index >= 15 is 0 Å². The summed E-state index contributed by atoms with van der Waals surface area (Å²) in [7, 11) is 0. The number of benzene rings is 1. The number of fused-ring (bicyclic) bond motifs is 1. The summed E-state index contributed by atoms with van der Waals surface area (Å²) in [5.74, 6) is 0. The Morgan fingerprint density at radius 2 is 0.833 bits per heavy atom. The van der Waals surface area contributed by atoms with Crippen LogP contribution in [-0.2, 0) is 12.8 Å². The van der Waals surface area contributed by atoms with Gasteiger partial charge in [0.2, 0.25) is 0 Å². The van der Waals surface area contributed by atoms with Crippen LogP contribution in [0.2, 0.25) is 0 Å². The molecule has 0 aliphatic rings. The lowest BCUT2D eigenvalue weighted by Gasteiger charge is -2.10. The molecule has 0 saturated carbocycles. The first-order valence-electron chi connectivity index (χ1n) is 13.2. The molecule has 1 heterocycles. The van der Waals surface area contributed by atoms with E-state index in [1.807, 2.05) is 0 Å². The second-order valence-electron chi connectivity index (χ2n) is 9.24. The number of hydrogen-bond donors (Lipinski definition) is 1. The topological polar surface area (TPSA) is 41.6 Å². The number of rotatable bonds is 19. The van der Waals surface area contributed by atoms with E-state index in [9.17, 15) is 0 Å². The van der Waals surface area contributed by atoms with E-state index in [2.05, 4.69) is 41.4 Å². The third-order valence-corrected chi connectivity index (χ3v) is 6.49. The molecule has 0 radical (unpaired) electrons. The second kappa shape index (κ2) is 16.3. The van der Waals surface area contributed by atoms with Gasteiger partial charge < -0.3 is 0 Å². The first-order chi connectivity index (χ1) is 14.8. The van der Waals surface area contributed by atoms with Crippen molar-refractivity contribution in [2.24, 2.45) is 0 Å². The van der Waals surface area contributed by atoms with Gasteiger partial charge in [0.1, 0.15) is 11.0 Å². The van der Waals surface area contributed by atoms with Gasteiger partial charge in [-0.05, 0) is 48.9 Å². The van der Waals surface area contributed by atoms with Crippen LogP contribution in [0, 0.1) is 0 Å². The quantitative estimate of drug-likeness (QED) is 0.234. The van der Waals surface area contributed by atoms with Crippen LogP contribution >= 0.6 is 0 Å². The molecule has 0 aliphatic carbocycles. The first kappa shape index (κ1) is 24.9. The number of nitrogens with one attached hydrogen (secondary N) is 1. The zero-order valence-corrected chi connectivity index (χ0v) is 20.0. The number of aryl methyl sites for hydroxylation is 2. The summed E-state index contributed by atoms with van der Waals surface area (Å²) in [4.78, 5) is 0. The third-order valence-electron chi connectivity index (χ3n) is 6.49. The number of aromatic amines is 1. The molecule has 3 heteroatoms. The van der Waals surface area contributed by atoms with Crippen molar-refractivity contribution in [2.45, 2.75) is 136 Å². The molecule has 170 valence electrons. The highest BCUT2D eigenvalue weighted by Crippen LogP contribution is 2.22. The van der Waals surface area contributed by atoms with Crippen LogP contribution < -0.4 is 0 Å². The fraction of sp³-hybridized carbons (Fsp3) is 0.778. The van der Waals surface area contributed by atoms with Crippen molar-refractivity contribution < 1.29 is 0 Å². The van der Waals surface area contributed by atoms with E-state index in [0.717, 1.165) is 11.0 Å². The summed E-state index contributed by atoms with van der Waals surface area (Å²) in [6.07, 6.45) is 26.0. The zero-order valence-electron chi connectivity index (χ0n) is 20.0. The highest BCUT2D eigenvalue weighted by atomic mass is 15.3. The van der Waals surface area contributed by atoms with Gasteiger partial charge in [-0.25, -0.2) is 0 Å². The summed E-state index contributed by atoms with van der Waals surface area (Å²) in [5, 5.41) is 11.4. The molecule has 30 heavy (non-hydrogen) atoms. The molecule has 0 aliphatic heterocycles. The highest BCUT2D eigenvalue weighted by molar-refractivity contribution is 5.75. The summed E-state index contributed by atoms with van der Waals surface area (Å²) in [5.41, 5.74) is 5.09. The molecule has 2 aromatic rings. The third kappa shape index (κ3) is 10.1. The Kier molecular flexibility index (Phi) is 13.5. The molecule has 0 atom stereocenters. The average molecular weight is 414 g/mol. The number of unbranched alkanes of at least 4 members (excludes halogenated alkanes) is 15. The lowest BCUT2D eigenvalue weighted by atomic mass is 9.95. The van der Waals surface area contributed by atoms with E-state index in [4.69, 9.17) is 0 Å². The number of hydrogen-bond acceptors (Lipinski definition) is 2. The fourth-order valence-electron chi connectivity index (χ4n) is 4.52. The van der Waals surface area contributed by atoms with Crippen molar-refractivity contribution in [3.8, 4) is 0 Å². The van der Waals surface area contributed by atoms with E-state index < -0.39 is 0 Å². The van der Waals surface area contributed by atoms with E-state index in [0.29, 0.717) is 0 Å². The predicted molar refractivity (Wildman–Crippen MR) is 131 cm³/mol. The summed E-state index contributed by atoms with van der Waals surface area (Å²) >= 11 is 0. The SMILES string of the molecule is CCCCCCCCCCCCc1cc2n[nH]nc2cc1CCCCCCCCC. The summed E-state index contributed by atoms with van der Waals surface area (Å²) in [6.45, 7) is 4.58. The number of nitrogens with zero attached hydrogens (tertiary/aromatic N) is 2. The van der Waals surface area contributed by atoms with Crippen molar-refractivity contribution in [1.82, 2.24) is 15.4 Å². The maximum Gasteiger partial charge on any atom is 0.113 e. The standard InChI is InChI=1S/C27H47N3/c1-3-5-7-9-11-12-13-15-17-19-21-25-23-27-26(28-30-29-27)22-24(25)20-18-16-14-10-8-6-4-2/h22-23H,3-21H2,1-2H3,(H,28,29,30). The van der Waals surface area contributed by atoms with E-state index in [-0.39, 0.29) is 0 Å². The second-order valence-corrected chi connectivity index (χ2v) is 9.24. The van der Waals surface area contributed by atoms with Crippen molar-refractivity contribution in [2.75, 3.05) is 0 Å². The Morgan fingerprint density at radius 3 is 1.20 bits per heavy atom. The molecule has 1 aromatic carbocycles. The van der Waals surface area contributed by atoms with Crippen LogP contribution in [-0.4, -0.2) is 15.4 Å². The van der Waals surface area contributed by atoms with Crippen molar-refractivity contribution in [3.63, 3.8) is 0 Å². The molecule has 1 aromatic heterocycles. The molecular formula is C27H47N3. The van der Waals surface area contributed by atoms with Gasteiger partial charge in [0, 0.05) is 0 Å². The van der Waals surface area contributed by atoms with Gasteiger partial charge in [-0.3, -0.25) is 0 Å². The molecule has 0 saturated heterocycles. The molecule has 2 rings (SSSR count). The predicted octanol–water partition coefficient (Wildman–Crippen LogP) is 8.71. The molecule has 0 bridgehead atoms. The molecule has 3 nitrogen and oxygen atoms in total. The lowest BCUT2D eigenvalue weighted by molar-refractivity contribution is 0.555. The minimum absolute atomic E-state index is 1.03. The molecular weight excluding hydrogens is 366 g/mol. The van der Waals surface area contributed by atoms with Crippen LogP contribution in [0.25, 0.3) is 11.0 Å². The molecule has 0 amide bonds. The minimum Gasteiger partial charge on any atom is -0.197 e. The van der Waals surface area contributed by atoms with E-state index in [1.54, 1.807) is 0 Å². The molecule has 0 spiro atoms. The first-order valence-corrected chi connectivity index (χ1v) is 13.2. The summed E-state index contributed by atoms with van der Waals surface area (Å²) < 4.78 is 0. The molecule has 0 unspecified atom stereocenters. The Labute approximate surface area is 185 Å². The van der Waals surface area contributed by atoms with Gasteiger partial charge in [0.05, 0.1) is 0 Å². The van der Waals surface area contributed by atoms with Gasteiger partial charge in [-0.15, -0.1) is 0 Å². The minimum atomic E-state index is 1.03. The van der Waals surface area contributed by atoms with Crippen molar-refractivity contribution in [1.29, 1.82) is 0 Å². The molecule has 1 N–H and O–H groups in total. The van der Waals surface area contributed by atoms with Gasteiger partial charge in [-0.1, -0.05) is 110 Å². The van der Waals surface area contributed by atoms with Gasteiger partial charge in [-0.2, -0.15) is 15.4 Å².